The van der Waals surface area contributed by atoms with Crippen LogP contribution >= 0.6 is 0 Å². The van der Waals surface area contributed by atoms with Gasteiger partial charge >= 0.3 is 0 Å². The van der Waals surface area contributed by atoms with E-state index in [0.29, 0.717) is 13.2 Å². The molecule has 82 valence electrons. The van der Waals surface area contributed by atoms with E-state index in [1.54, 1.807) is 0 Å². The molecule has 0 N–H and O–H groups in total. The summed E-state index contributed by atoms with van der Waals surface area (Å²) < 4.78 is 10.9. The summed E-state index contributed by atoms with van der Waals surface area (Å²) in [6.45, 7) is 3.39. The molecule has 0 radical (unpaired) electrons. The molecule has 16 heavy (non-hydrogen) atoms. The second kappa shape index (κ2) is 3.85. The van der Waals surface area contributed by atoms with E-state index in [1.165, 1.54) is 5.56 Å². The third-order valence-electron chi connectivity index (χ3n) is 2.75. The number of nitrogens with zero attached hydrogens (tertiary/aromatic N) is 1. The molecule has 1 saturated heterocycles. The number of ether oxygens (including phenoxy) is 2. The van der Waals surface area contributed by atoms with Crippen LogP contribution in [0.3, 0.4) is 0 Å². The van der Waals surface area contributed by atoms with Crippen LogP contribution in [0, 0.1) is 6.92 Å². The summed E-state index contributed by atoms with van der Waals surface area (Å²) in [5.41, 5.74) is 3.23. The topological polar surface area (TPSA) is 31.4 Å². The van der Waals surface area contributed by atoms with E-state index in [1.807, 2.05) is 6.20 Å². The lowest BCUT2D eigenvalue weighted by Crippen LogP contribution is -1.98. The average Bonchev–Trinajstić information content (AvgIpc) is 2.82. The van der Waals surface area contributed by atoms with Gasteiger partial charge < -0.3 is 9.47 Å². The van der Waals surface area contributed by atoms with E-state index < -0.39 is 0 Å². The highest BCUT2D eigenvalue weighted by Gasteiger charge is 2.18. The van der Waals surface area contributed by atoms with E-state index in [0.717, 1.165) is 16.5 Å². The fourth-order valence-corrected chi connectivity index (χ4v) is 1.93. The molecule has 3 heteroatoms. The molecular weight excluding hydrogens is 202 g/mol. The normalized spacial score (nSPS) is 17.1. The molecule has 0 amide bonds. The highest BCUT2D eigenvalue weighted by molar-refractivity contribution is 5.79. The summed E-state index contributed by atoms with van der Waals surface area (Å²) in [6.07, 6.45) is 1.59. The van der Waals surface area contributed by atoms with Gasteiger partial charge in [-0.15, -0.1) is 0 Å². The van der Waals surface area contributed by atoms with Crippen molar-refractivity contribution < 1.29 is 9.47 Å². The van der Waals surface area contributed by atoms with Gasteiger partial charge in [-0.1, -0.05) is 12.1 Å². The zero-order valence-corrected chi connectivity index (χ0v) is 9.14. The number of hydrogen-bond donors (Lipinski definition) is 0. The molecule has 1 aromatic heterocycles. The maximum Gasteiger partial charge on any atom is 0.185 e. The Hall–Kier alpha value is -1.45. The second-order valence-corrected chi connectivity index (χ2v) is 4.04. The number of fused-ring (bicyclic) bond motifs is 1. The zero-order chi connectivity index (χ0) is 11.0. The van der Waals surface area contributed by atoms with Crippen LogP contribution in [0.15, 0.2) is 30.5 Å². The van der Waals surface area contributed by atoms with Crippen LogP contribution in [0.2, 0.25) is 0 Å². The first-order valence-corrected chi connectivity index (χ1v) is 5.42. The molecule has 0 atom stereocenters. The molecule has 3 rings (SSSR count). The number of hydrogen-bond acceptors (Lipinski definition) is 3. The molecule has 1 aliphatic heterocycles. The van der Waals surface area contributed by atoms with Crippen molar-refractivity contribution in [1.29, 1.82) is 0 Å². The minimum atomic E-state index is -0.238. The van der Waals surface area contributed by atoms with E-state index in [9.17, 15) is 0 Å². The van der Waals surface area contributed by atoms with E-state index >= 15 is 0 Å². The maximum absolute atomic E-state index is 5.45. The summed E-state index contributed by atoms with van der Waals surface area (Å²) in [4.78, 5) is 4.43. The first-order valence-electron chi connectivity index (χ1n) is 5.42. The summed E-state index contributed by atoms with van der Waals surface area (Å²) in [5.74, 6) is 0. The highest BCUT2D eigenvalue weighted by Crippen LogP contribution is 2.25. The summed E-state index contributed by atoms with van der Waals surface area (Å²) in [7, 11) is 0. The first kappa shape index (κ1) is 9.75. The fraction of sp³-hybridized carbons (Fsp3) is 0.308. The van der Waals surface area contributed by atoms with Gasteiger partial charge in [0.25, 0.3) is 0 Å². The van der Waals surface area contributed by atoms with Crippen molar-refractivity contribution >= 4 is 10.9 Å². The fourth-order valence-electron chi connectivity index (χ4n) is 1.93. The van der Waals surface area contributed by atoms with E-state index in [4.69, 9.17) is 9.47 Å². The van der Waals surface area contributed by atoms with Crippen LogP contribution in [0.4, 0.5) is 0 Å². The summed E-state index contributed by atoms with van der Waals surface area (Å²) >= 11 is 0. The molecule has 1 fully saturated rings. The Labute approximate surface area is 94.0 Å². The van der Waals surface area contributed by atoms with Crippen LogP contribution in [-0.4, -0.2) is 18.2 Å². The minimum absolute atomic E-state index is 0.238. The monoisotopic (exact) mass is 215 g/mol. The number of aromatic nitrogens is 1. The summed E-state index contributed by atoms with van der Waals surface area (Å²) in [5, 5.41) is 1.13. The molecule has 0 saturated carbocycles. The third-order valence-corrected chi connectivity index (χ3v) is 2.75. The van der Waals surface area contributed by atoms with Gasteiger partial charge in [-0.3, -0.25) is 4.98 Å². The lowest BCUT2D eigenvalue weighted by molar-refractivity contribution is -0.0442. The Morgan fingerprint density at radius 2 is 2.00 bits per heavy atom. The number of rotatable bonds is 1. The largest absolute Gasteiger partial charge is 0.346 e. The van der Waals surface area contributed by atoms with Gasteiger partial charge in [0.2, 0.25) is 0 Å². The molecule has 2 heterocycles. The maximum atomic E-state index is 5.45. The minimum Gasteiger partial charge on any atom is -0.346 e. The van der Waals surface area contributed by atoms with Crippen molar-refractivity contribution in [2.45, 2.75) is 13.2 Å². The molecule has 2 aromatic rings. The van der Waals surface area contributed by atoms with Crippen molar-refractivity contribution in [3.8, 4) is 0 Å². The lowest BCUT2D eigenvalue weighted by Gasteiger charge is -2.09. The van der Waals surface area contributed by atoms with Gasteiger partial charge in [0.05, 0.1) is 18.7 Å². The molecule has 1 aliphatic rings. The zero-order valence-electron chi connectivity index (χ0n) is 9.14. The Morgan fingerprint density at radius 1 is 1.19 bits per heavy atom. The van der Waals surface area contributed by atoms with Crippen LogP contribution < -0.4 is 0 Å². The molecule has 0 bridgehead atoms. The molecule has 0 spiro atoms. The van der Waals surface area contributed by atoms with Crippen LogP contribution in [0.5, 0.6) is 0 Å². The third kappa shape index (κ3) is 1.68. The standard InChI is InChI=1S/C13H13NO2/c1-9-2-3-10-7-11(8-14-12(10)6-9)13-15-4-5-16-13/h2-3,6-8,13H,4-5H2,1H3. The van der Waals surface area contributed by atoms with Crippen LogP contribution in [0.1, 0.15) is 17.4 Å². The van der Waals surface area contributed by atoms with Gasteiger partial charge in [0.1, 0.15) is 0 Å². The molecule has 3 nitrogen and oxygen atoms in total. The molecule has 1 aromatic carbocycles. The Morgan fingerprint density at radius 3 is 2.81 bits per heavy atom. The van der Waals surface area contributed by atoms with Crippen LogP contribution in [0.25, 0.3) is 10.9 Å². The first-order chi connectivity index (χ1) is 7.83. The highest BCUT2D eigenvalue weighted by atomic mass is 16.7. The number of benzene rings is 1. The Bertz CT molecular complexity index is 518. The average molecular weight is 215 g/mol. The quantitative estimate of drug-likeness (QED) is 0.732. The van der Waals surface area contributed by atoms with Gasteiger partial charge in [-0.25, -0.2) is 0 Å². The van der Waals surface area contributed by atoms with Crippen molar-refractivity contribution in [3.63, 3.8) is 0 Å². The van der Waals surface area contributed by atoms with E-state index in [-0.39, 0.29) is 6.29 Å². The SMILES string of the molecule is Cc1ccc2cc(C3OCCO3)cnc2c1. The van der Waals surface area contributed by atoms with Gasteiger partial charge in [0.15, 0.2) is 6.29 Å². The van der Waals surface area contributed by atoms with Crippen molar-refractivity contribution in [2.24, 2.45) is 0 Å². The predicted octanol–water partition coefficient (Wildman–Crippen LogP) is 2.59. The van der Waals surface area contributed by atoms with Crippen molar-refractivity contribution in [1.82, 2.24) is 4.98 Å². The Balaban J connectivity index is 2.05. The molecule has 0 aliphatic carbocycles. The van der Waals surface area contributed by atoms with Crippen molar-refractivity contribution in [3.05, 3.63) is 41.6 Å². The summed E-state index contributed by atoms with van der Waals surface area (Å²) in [6, 6.07) is 8.33. The Kier molecular flexibility index (Phi) is 2.35. The van der Waals surface area contributed by atoms with Gasteiger partial charge in [0, 0.05) is 17.1 Å². The lowest BCUT2D eigenvalue weighted by atomic mass is 10.1. The van der Waals surface area contributed by atoms with Gasteiger partial charge in [-0.2, -0.15) is 0 Å². The van der Waals surface area contributed by atoms with E-state index in [2.05, 4.69) is 36.2 Å². The molecule has 0 unspecified atom stereocenters. The number of aryl methyl sites for hydroxylation is 1. The predicted molar refractivity (Wildman–Crippen MR) is 61.1 cm³/mol. The smallest absolute Gasteiger partial charge is 0.185 e. The number of pyridine rings is 1. The van der Waals surface area contributed by atoms with Crippen LogP contribution in [-0.2, 0) is 9.47 Å². The second-order valence-electron chi connectivity index (χ2n) is 4.04. The van der Waals surface area contributed by atoms with Crippen molar-refractivity contribution in [2.75, 3.05) is 13.2 Å². The van der Waals surface area contributed by atoms with Gasteiger partial charge in [-0.05, 0) is 24.6 Å². The molecular formula is C13H13NO2.